The molecule has 2 aromatic heterocycles. The molecule has 6 heteroatoms. The standard InChI is InChI=1S/C30H29N5O/c1-19-2-10-27-28(14-19)35(18-20-12-13-34(17-20)30(36)23-7-8-23)29(32-27)22-5-3-21(4-6-22)24-9-11-26-25(15-24)16-31-33-26/h2-6,9-11,14-16,20,23H,7-8,12-13,17-18H2,1H3,(H,31,33). The van der Waals surface area contributed by atoms with Crippen LogP contribution in [0.3, 0.4) is 0 Å². The molecular formula is C30H29N5O. The maximum Gasteiger partial charge on any atom is 0.225 e. The number of amides is 1. The van der Waals surface area contributed by atoms with Gasteiger partial charge in [0.15, 0.2) is 0 Å². The summed E-state index contributed by atoms with van der Waals surface area (Å²) in [6.45, 7) is 4.75. The van der Waals surface area contributed by atoms with E-state index in [1.165, 1.54) is 22.2 Å². The lowest BCUT2D eigenvalue weighted by atomic mass is 10.0. The van der Waals surface area contributed by atoms with Crippen LogP contribution in [0, 0.1) is 18.8 Å². The van der Waals surface area contributed by atoms with Gasteiger partial charge in [0.05, 0.1) is 22.7 Å². The highest BCUT2D eigenvalue weighted by Gasteiger charge is 2.36. The number of nitrogens with zero attached hydrogens (tertiary/aromatic N) is 4. The smallest absolute Gasteiger partial charge is 0.225 e. The van der Waals surface area contributed by atoms with Crippen LogP contribution in [0.15, 0.2) is 66.9 Å². The average Bonchev–Trinajstić information content (AvgIpc) is 3.30. The van der Waals surface area contributed by atoms with Gasteiger partial charge in [-0.1, -0.05) is 36.4 Å². The van der Waals surface area contributed by atoms with Gasteiger partial charge in [-0.25, -0.2) is 4.98 Å². The molecule has 6 nitrogen and oxygen atoms in total. The van der Waals surface area contributed by atoms with Gasteiger partial charge in [-0.3, -0.25) is 9.89 Å². The van der Waals surface area contributed by atoms with Gasteiger partial charge < -0.3 is 9.47 Å². The quantitative estimate of drug-likeness (QED) is 0.349. The first-order valence-corrected chi connectivity index (χ1v) is 12.9. The Balaban J connectivity index is 1.21. The Bertz CT molecular complexity index is 1590. The number of fused-ring (bicyclic) bond motifs is 2. The largest absolute Gasteiger partial charge is 0.342 e. The van der Waals surface area contributed by atoms with Crippen LogP contribution in [0.5, 0.6) is 0 Å². The van der Waals surface area contributed by atoms with Crippen molar-refractivity contribution in [2.45, 2.75) is 32.7 Å². The highest BCUT2D eigenvalue weighted by atomic mass is 16.2. The molecule has 1 saturated heterocycles. The zero-order valence-corrected chi connectivity index (χ0v) is 20.4. The Morgan fingerprint density at radius 2 is 1.78 bits per heavy atom. The molecule has 1 amide bonds. The predicted octanol–water partition coefficient (Wildman–Crippen LogP) is 5.81. The fraction of sp³-hybridized carbons (Fsp3) is 0.300. The molecule has 1 N–H and O–H groups in total. The highest BCUT2D eigenvalue weighted by Crippen LogP contribution is 2.34. The van der Waals surface area contributed by atoms with E-state index in [-0.39, 0.29) is 0 Å². The van der Waals surface area contributed by atoms with Gasteiger partial charge in [0.25, 0.3) is 0 Å². The molecule has 0 bridgehead atoms. The van der Waals surface area contributed by atoms with Gasteiger partial charge in [-0.05, 0) is 73.1 Å². The Kier molecular flexibility index (Phi) is 4.94. The Morgan fingerprint density at radius 1 is 0.972 bits per heavy atom. The first kappa shape index (κ1) is 21.4. The summed E-state index contributed by atoms with van der Waals surface area (Å²) < 4.78 is 2.38. The van der Waals surface area contributed by atoms with E-state index in [0.717, 1.165) is 66.7 Å². The molecule has 2 aliphatic rings. The molecule has 0 radical (unpaired) electrons. The van der Waals surface area contributed by atoms with Crippen LogP contribution in [0.1, 0.15) is 24.8 Å². The molecule has 2 fully saturated rings. The first-order chi connectivity index (χ1) is 17.6. The molecule has 1 aliphatic heterocycles. The van der Waals surface area contributed by atoms with Crippen molar-refractivity contribution < 1.29 is 4.79 Å². The number of likely N-dealkylation sites (tertiary alicyclic amines) is 1. The van der Waals surface area contributed by atoms with E-state index in [2.05, 4.69) is 87.3 Å². The van der Waals surface area contributed by atoms with Crippen LogP contribution in [0.2, 0.25) is 0 Å². The molecular weight excluding hydrogens is 446 g/mol. The van der Waals surface area contributed by atoms with E-state index < -0.39 is 0 Å². The molecule has 1 saturated carbocycles. The second kappa shape index (κ2) is 8.33. The third-order valence-electron chi connectivity index (χ3n) is 7.79. The number of rotatable bonds is 5. The van der Waals surface area contributed by atoms with E-state index in [1.807, 2.05) is 6.20 Å². The number of carbonyl (C=O) groups excluding carboxylic acids is 1. The van der Waals surface area contributed by atoms with Crippen LogP contribution in [-0.4, -0.2) is 43.6 Å². The number of H-pyrrole nitrogens is 1. The lowest BCUT2D eigenvalue weighted by molar-refractivity contribution is -0.131. The molecule has 5 aromatic rings. The van der Waals surface area contributed by atoms with Crippen molar-refractivity contribution in [1.29, 1.82) is 0 Å². The summed E-state index contributed by atoms with van der Waals surface area (Å²) in [5, 5.41) is 8.26. The van der Waals surface area contributed by atoms with E-state index in [4.69, 9.17) is 4.98 Å². The Hall–Kier alpha value is -3.93. The number of imidazole rings is 1. The lowest BCUT2D eigenvalue weighted by Gasteiger charge is -2.18. The van der Waals surface area contributed by atoms with Gasteiger partial charge >= 0.3 is 0 Å². The number of aryl methyl sites for hydroxylation is 1. The fourth-order valence-corrected chi connectivity index (χ4v) is 5.60. The summed E-state index contributed by atoms with van der Waals surface area (Å²) in [6, 6.07) is 21.6. The molecule has 3 heterocycles. The van der Waals surface area contributed by atoms with Crippen LogP contribution < -0.4 is 0 Å². The van der Waals surface area contributed by atoms with Crippen LogP contribution in [-0.2, 0) is 11.3 Å². The van der Waals surface area contributed by atoms with Crippen molar-refractivity contribution >= 4 is 27.8 Å². The summed E-state index contributed by atoms with van der Waals surface area (Å²) >= 11 is 0. The molecule has 180 valence electrons. The minimum atomic E-state index is 0.295. The van der Waals surface area contributed by atoms with Gasteiger partial charge in [0.2, 0.25) is 5.91 Å². The summed E-state index contributed by atoms with van der Waals surface area (Å²) in [5.74, 6) is 2.11. The van der Waals surface area contributed by atoms with Crippen LogP contribution in [0.4, 0.5) is 0 Å². The minimum absolute atomic E-state index is 0.295. The maximum atomic E-state index is 12.6. The van der Waals surface area contributed by atoms with Crippen molar-refractivity contribution in [2.75, 3.05) is 13.1 Å². The molecule has 1 unspecified atom stereocenters. The monoisotopic (exact) mass is 475 g/mol. The van der Waals surface area contributed by atoms with E-state index >= 15 is 0 Å². The third-order valence-corrected chi connectivity index (χ3v) is 7.79. The number of aromatic amines is 1. The minimum Gasteiger partial charge on any atom is -0.342 e. The van der Waals surface area contributed by atoms with Gasteiger partial charge in [-0.15, -0.1) is 0 Å². The number of hydrogen-bond acceptors (Lipinski definition) is 3. The fourth-order valence-electron chi connectivity index (χ4n) is 5.60. The Labute approximate surface area is 210 Å². The van der Waals surface area contributed by atoms with Crippen molar-refractivity contribution in [1.82, 2.24) is 24.6 Å². The number of carbonyl (C=O) groups is 1. The SMILES string of the molecule is Cc1ccc2nc(-c3ccc(-c4ccc5[nH]ncc5c4)cc3)n(CC3CCN(C(=O)C4CC4)C3)c2c1. The third kappa shape index (κ3) is 3.77. The molecule has 7 rings (SSSR count). The van der Waals surface area contributed by atoms with E-state index in [0.29, 0.717) is 17.7 Å². The van der Waals surface area contributed by atoms with Crippen molar-refractivity contribution in [3.63, 3.8) is 0 Å². The number of benzene rings is 3. The van der Waals surface area contributed by atoms with Crippen molar-refractivity contribution in [2.24, 2.45) is 11.8 Å². The van der Waals surface area contributed by atoms with Gasteiger partial charge in [0.1, 0.15) is 5.82 Å². The van der Waals surface area contributed by atoms with Gasteiger partial charge in [-0.2, -0.15) is 5.10 Å². The zero-order valence-electron chi connectivity index (χ0n) is 20.4. The van der Waals surface area contributed by atoms with Crippen LogP contribution in [0.25, 0.3) is 44.5 Å². The molecule has 0 spiro atoms. The van der Waals surface area contributed by atoms with E-state index in [1.54, 1.807) is 0 Å². The second-order valence-electron chi connectivity index (χ2n) is 10.5. The molecule has 1 atom stereocenters. The average molecular weight is 476 g/mol. The normalized spacial score (nSPS) is 17.9. The summed E-state index contributed by atoms with van der Waals surface area (Å²) in [7, 11) is 0. The Morgan fingerprint density at radius 3 is 2.61 bits per heavy atom. The summed E-state index contributed by atoms with van der Waals surface area (Å²) in [6.07, 6.45) is 5.06. The van der Waals surface area contributed by atoms with Crippen molar-refractivity contribution in [3.05, 3.63) is 72.4 Å². The topological polar surface area (TPSA) is 66.8 Å². The highest BCUT2D eigenvalue weighted by molar-refractivity contribution is 5.85. The number of aromatic nitrogens is 4. The number of hydrogen-bond donors (Lipinski definition) is 1. The van der Waals surface area contributed by atoms with Crippen LogP contribution >= 0.6 is 0 Å². The van der Waals surface area contributed by atoms with E-state index in [9.17, 15) is 4.79 Å². The zero-order chi connectivity index (χ0) is 24.2. The summed E-state index contributed by atoms with van der Waals surface area (Å²) in [4.78, 5) is 19.8. The molecule has 3 aromatic carbocycles. The summed E-state index contributed by atoms with van der Waals surface area (Å²) in [5.41, 5.74) is 7.93. The molecule has 36 heavy (non-hydrogen) atoms. The molecule has 1 aliphatic carbocycles. The second-order valence-corrected chi connectivity index (χ2v) is 10.5. The van der Waals surface area contributed by atoms with Gasteiger partial charge in [0, 0.05) is 36.5 Å². The lowest BCUT2D eigenvalue weighted by Crippen LogP contribution is -2.30. The predicted molar refractivity (Wildman–Crippen MR) is 142 cm³/mol. The maximum absolute atomic E-state index is 12.6. The number of nitrogens with one attached hydrogen (secondary N) is 1. The van der Waals surface area contributed by atoms with Crippen molar-refractivity contribution in [3.8, 4) is 22.5 Å². The first-order valence-electron chi connectivity index (χ1n) is 12.9.